The summed E-state index contributed by atoms with van der Waals surface area (Å²) >= 11 is 0. The molecule has 208 valence electrons. The Morgan fingerprint density at radius 3 is 2.24 bits per heavy atom. The predicted octanol–water partition coefficient (Wildman–Crippen LogP) is 4.20. The van der Waals surface area contributed by atoms with E-state index in [0.29, 0.717) is 12.0 Å². The Morgan fingerprint density at radius 2 is 1.70 bits per heavy atom. The monoisotopic (exact) mass is 519 g/mol. The number of esters is 1. The van der Waals surface area contributed by atoms with E-state index in [4.69, 9.17) is 9.47 Å². The molecule has 0 spiro atoms. The fourth-order valence-electron chi connectivity index (χ4n) is 3.90. The third-order valence-electron chi connectivity index (χ3n) is 6.21. The average molecular weight is 520 g/mol. The molecule has 3 amide bonds. The summed E-state index contributed by atoms with van der Waals surface area (Å²) in [6.45, 7) is 17.0. The van der Waals surface area contributed by atoms with Crippen molar-refractivity contribution >= 4 is 23.9 Å². The van der Waals surface area contributed by atoms with E-state index < -0.39 is 35.7 Å². The van der Waals surface area contributed by atoms with Crippen molar-refractivity contribution in [2.75, 3.05) is 19.7 Å². The lowest BCUT2D eigenvalue weighted by Crippen LogP contribution is -2.55. The number of likely N-dealkylation sites (N-methyl/N-ethyl adjacent to an activating group) is 1. The van der Waals surface area contributed by atoms with Gasteiger partial charge in [0.25, 0.3) is 0 Å². The zero-order chi connectivity index (χ0) is 28.3. The highest BCUT2D eigenvalue weighted by Gasteiger charge is 2.38. The molecule has 9 nitrogen and oxygen atoms in total. The van der Waals surface area contributed by atoms with Crippen LogP contribution >= 0.6 is 0 Å². The summed E-state index contributed by atoms with van der Waals surface area (Å²) in [5.41, 5.74) is 1.83. The number of amides is 3. The molecule has 0 heterocycles. The number of benzene rings is 1. The van der Waals surface area contributed by atoms with Crippen molar-refractivity contribution in [3.8, 4) is 0 Å². The number of hydrogen-bond acceptors (Lipinski definition) is 6. The Hall–Kier alpha value is -3.10. The van der Waals surface area contributed by atoms with Crippen LogP contribution in [0.15, 0.2) is 18.2 Å². The maximum atomic E-state index is 14.0. The molecule has 0 aliphatic rings. The predicted molar refractivity (Wildman–Crippen MR) is 143 cm³/mol. The van der Waals surface area contributed by atoms with E-state index >= 15 is 0 Å². The van der Waals surface area contributed by atoms with Crippen LogP contribution in [0.25, 0.3) is 0 Å². The molecule has 2 N–H and O–H groups in total. The van der Waals surface area contributed by atoms with Crippen LogP contribution in [0.5, 0.6) is 0 Å². The first kappa shape index (κ1) is 31.9. The summed E-state index contributed by atoms with van der Waals surface area (Å²) in [4.78, 5) is 53.4. The van der Waals surface area contributed by atoms with Crippen LogP contribution in [-0.2, 0) is 23.9 Å². The molecular formula is C28H45N3O6. The quantitative estimate of drug-likeness (QED) is 0.400. The van der Waals surface area contributed by atoms with Gasteiger partial charge < -0.3 is 25.0 Å². The van der Waals surface area contributed by atoms with Crippen LogP contribution < -0.4 is 10.6 Å². The molecule has 1 aromatic carbocycles. The van der Waals surface area contributed by atoms with Crippen molar-refractivity contribution in [2.24, 2.45) is 5.92 Å². The summed E-state index contributed by atoms with van der Waals surface area (Å²) in [5, 5.41) is 5.53. The van der Waals surface area contributed by atoms with Gasteiger partial charge in [0.15, 0.2) is 0 Å². The largest absolute Gasteiger partial charge is 0.466 e. The molecule has 0 aliphatic carbocycles. The van der Waals surface area contributed by atoms with E-state index in [9.17, 15) is 19.2 Å². The van der Waals surface area contributed by atoms with Crippen molar-refractivity contribution in [3.05, 3.63) is 34.9 Å². The molecule has 3 unspecified atom stereocenters. The Morgan fingerprint density at radius 1 is 1.05 bits per heavy atom. The molecule has 9 heteroatoms. The summed E-state index contributed by atoms with van der Waals surface area (Å²) < 4.78 is 10.4. The first-order chi connectivity index (χ1) is 17.3. The first-order valence-corrected chi connectivity index (χ1v) is 13.1. The standard InChI is InChI=1S/C28H45N3O6/c1-10-18(4)23(30-27(35)37-28(7,8)9)26(34)31(11-2)24(21-15-13-14-19(5)20(21)6)25(33)29-17-16-22(32)36-12-3/h13-15,18,23-24H,10-12,16-17H2,1-9H3,(H,29,33)(H,30,35). The lowest BCUT2D eigenvalue weighted by atomic mass is 9.93. The molecule has 0 bridgehead atoms. The van der Waals surface area contributed by atoms with Gasteiger partial charge in [-0.05, 0) is 71.1 Å². The van der Waals surface area contributed by atoms with Gasteiger partial charge in [-0.1, -0.05) is 38.5 Å². The number of carbonyl (C=O) groups is 4. The van der Waals surface area contributed by atoms with Crippen molar-refractivity contribution < 1.29 is 28.7 Å². The van der Waals surface area contributed by atoms with Gasteiger partial charge in [0.05, 0.1) is 13.0 Å². The van der Waals surface area contributed by atoms with Gasteiger partial charge in [-0.2, -0.15) is 0 Å². The molecule has 0 radical (unpaired) electrons. The minimum absolute atomic E-state index is 0.0227. The van der Waals surface area contributed by atoms with Gasteiger partial charge in [-0.15, -0.1) is 0 Å². The van der Waals surface area contributed by atoms with Gasteiger partial charge in [-0.3, -0.25) is 14.4 Å². The number of ether oxygens (including phenoxy) is 2. The van der Waals surface area contributed by atoms with Gasteiger partial charge in [0.2, 0.25) is 11.8 Å². The van der Waals surface area contributed by atoms with Crippen LogP contribution in [0.4, 0.5) is 4.79 Å². The Balaban J connectivity index is 3.39. The molecule has 0 saturated carbocycles. The van der Waals surface area contributed by atoms with E-state index in [1.54, 1.807) is 34.6 Å². The highest BCUT2D eigenvalue weighted by Crippen LogP contribution is 2.28. The molecule has 0 aromatic heterocycles. The minimum Gasteiger partial charge on any atom is -0.466 e. The Kier molecular flexibility index (Phi) is 12.6. The number of rotatable bonds is 12. The van der Waals surface area contributed by atoms with Gasteiger partial charge in [0.1, 0.15) is 17.7 Å². The van der Waals surface area contributed by atoms with Crippen LogP contribution in [0.3, 0.4) is 0 Å². The van der Waals surface area contributed by atoms with E-state index in [1.165, 1.54) is 4.90 Å². The molecular weight excluding hydrogens is 474 g/mol. The van der Waals surface area contributed by atoms with Crippen molar-refractivity contribution in [1.82, 2.24) is 15.5 Å². The second-order valence-electron chi connectivity index (χ2n) is 10.2. The fourth-order valence-corrected chi connectivity index (χ4v) is 3.90. The fraction of sp³-hybridized carbons (Fsp3) is 0.643. The number of carbonyl (C=O) groups excluding carboxylic acids is 4. The lowest BCUT2D eigenvalue weighted by Gasteiger charge is -2.36. The van der Waals surface area contributed by atoms with Gasteiger partial charge in [0, 0.05) is 13.1 Å². The highest BCUT2D eigenvalue weighted by atomic mass is 16.6. The molecule has 3 atom stereocenters. The molecule has 0 saturated heterocycles. The summed E-state index contributed by atoms with van der Waals surface area (Å²) in [5.74, 6) is -1.41. The number of hydrogen-bond donors (Lipinski definition) is 2. The number of nitrogens with one attached hydrogen (secondary N) is 2. The van der Waals surface area contributed by atoms with E-state index in [2.05, 4.69) is 10.6 Å². The number of nitrogens with zero attached hydrogens (tertiary/aromatic N) is 1. The Labute approximate surface area is 221 Å². The van der Waals surface area contributed by atoms with Crippen LogP contribution in [0.2, 0.25) is 0 Å². The second-order valence-corrected chi connectivity index (χ2v) is 10.2. The molecule has 0 fully saturated rings. The first-order valence-electron chi connectivity index (χ1n) is 13.1. The van der Waals surface area contributed by atoms with Gasteiger partial charge in [-0.25, -0.2) is 4.79 Å². The molecule has 1 rings (SSSR count). The SMILES string of the molecule is CCOC(=O)CCNC(=O)C(c1cccc(C)c1C)N(CC)C(=O)C(NC(=O)OC(C)(C)C)C(C)CC. The van der Waals surface area contributed by atoms with E-state index in [1.807, 2.05) is 45.9 Å². The summed E-state index contributed by atoms with van der Waals surface area (Å²) in [6, 6.07) is 3.78. The van der Waals surface area contributed by atoms with Crippen molar-refractivity contribution in [3.63, 3.8) is 0 Å². The third-order valence-corrected chi connectivity index (χ3v) is 6.21. The van der Waals surface area contributed by atoms with E-state index in [0.717, 1.165) is 11.1 Å². The average Bonchev–Trinajstić information content (AvgIpc) is 2.81. The third kappa shape index (κ3) is 9.70. The van der Waals surface area contributed by atoms with Crippen molar-refractivity contribution in [1.29, 1.82) is 0 Å². The summed E-state index contributed by atoms with van der Waals surface area (Å²) in [7, 11) is 0. The number of aryl methyl sites for hydroxylation is 1. The van der Waals surface area contributed by atoms with Crippen molar-refractivity contribution in [2.45, 2.75) is 92.8 Å². The van der Waals surface area contributed by atoms with Crippen LogP contribution in [-0.4, -0.2) is 60.1 Å². The second kappa shape index (κ2) is 14.6. The maximum Gasteiger partial charge on any atom is 0.408 e. The molecule has 37 heavy (non-hydrogen) atoms. The zero-order valence-electron chi connectivity index (χ0n) is 23.9. The maximum absolute atomic E-state index is 14.0. The van der Waals surface area contributed by atoms with E-state index in [-0.39, 0.29) is 37.9 Å². The highest BCUT2D eigenvalue weighted by molar-refractivity contribution is 5.92. The number of alkyl carbamates (subject to hydrolysis) is 1. The Bertz CT molecular complexity index is 940. The topological polar surface area (TPSA) is 114 Å². The van der Waals surface area contributed by atoms with Crippen LogP contribution in [0, 0.1) is 19.8 Å². The summed E-state index contributed by atoms with van der Waals surface area (Å²) in [6.07, 6.45) is -0.0391. The lowest BCUT2D eigenvalue weighted by molar-refractivity contribution is -0.144. The van der Waals surface area contributed by atoms with Crippen LogP contribution in [0.1, 0.15) is 84.0 Å². The zero-order valence-corrected chi connectivity index (χ0v) is 23.9. The normalized spacial score (nSPS) is 13.6. The molecule has 0 aliphatic heterocycles. The minimum atomic E-state index is -0.952. The van der Waals surface area contributed by atoms with Gasteiger partial charge >= 0.3 is 12.1 Å². The molecule has 1 aromatic rings. The smallest absolute Gasteiger partial charge is 0.408 e.